The number of sulfonamides is 1. The van der Waals surface area contributed by atoms with Gasteiger partial charge in [0.1, 0.15) is 12.1 Å². The van der Waals surface area contributed by atoms with Crippen LogP contribution < -0.4 is 21.3 Å². The Hall–Kier alpha value is -2.78. The van der Waals surface area contributed by atoms with Crippen LogP contribution in [-0.4, -0.2) is 115 Å². The molecule has 2 aliphatic heterocycles. The molecule has 0 spiro atoms. The van der Waals surface area contributed by atoms with Gasteiger partial charge in [0, 0.05) is 25.7 Å². The quantitative estimate of drug-likeness (QED) is 0.184. The number of rotatable bonds is 15. The van der Waals surface area contributed by atoms with Crippen molar-refractivity contribution in [1.29, 1.82) is 0 Å². The van der Waals surface area contributed by atoms with E-state index in [0.717, 1.165) is 51.4 Å². The summed E-state index contributed by atoms with van der Waals surface area (Å²) in [4.78, 5) is 70.8. The van der Waals surface area contributed by atoms with Gasteiger partial charge in [0.2, 0.25) is 27.6 Å². The number of nitrogens with one attached hydrogen (secondary N) is 4. The van der Waals surface area contributed by atoms with E-state index in [1.54, 1.807) is 4.90 Å². The van der Waals surface area contributed by atoms with Gasteiger partial charge in [-0.05, 0) is 68.6 Å². The molecule has 5 fully saturated rings. The Morgan fingerprint density at radius 3 is 2.06 bits per heavy atom. The normalized spacial score (nSPS) is 25.9. The Bertz CT molecular complexity index is 1430. The number of carbonyl (C=O) groups excluding carboxylic acids is 5. The van der Waals surface area contributed by atoms with Gasteiger partial charge < -0.3 is 30.9 Å². The van der Waals surface area contributed by atoms with Gasteiger partial charge in [0.25, 0.3) is 5.91 Å². The molecule has 2 saturated heterocycles. The molecule has 4 N–H and O–H groups in total. The molecule has 0 bridgehead atoms. The minimum absolute atomic E-state index is 0.00245. The van der Waals surface area contributed by atoms with Gasteiger partial charge in [-0.2, -0.15) is 4.31 Å². The van der Waals surface area contributed by atoms with Gasteiger partial charge in [-0.3, -0.25) is 19.2 Å². The van der Waals surface area contributed by atoms with E-state index < -0.39 is 62.7 Å². The van der Waals surface area contributed by atoms with Gasteiger partial charge in [0.05, 0.1) is 30.5 Å². The lowest BCUT2D eigenvalue weighted by Crippen LogP contribution is -2.65. The van der Waals surface area contributed by atoms with Crippen molar-refractivity contribution in [1.82, 2.24) is 30.5 Å². The van der Waals surface area contributed by atoms with Crippen molar-refractivity contribution >= 4 is 39.6 Å². The molecule has 4 atom stereocenters. The summed E-state index contributed by atoms with van der Waals surface area (Å²) in [6, 6.07) is -3.43. The highest BCUT2D eigenvalue weighted by Gasteiger charge is 2.50. The molecule has 14 nitrogen and oxygen atoms in total. The second-order valence-corrected chi connectivity index (χ2v) is 19.0. The van der Waals surface area contributed by atoms with Gasteiger partial charge in [-0.25, -0.2) is 13.2 Å². The molecular weight excluding hydrogens is 701 g/mol. The van der Waals surface area contributed by atoms with Crippen molar-refractivity contribution in [2.24, 2.45) is 17.3 Å². The summed E-state index contributed by atoms with van der Waals surface area (Å²) >= 11 is 0. The van der Waals surface area contributed by atoms with Crippen LogP contribution in [0.1, 0.15) is 124 Å². The number of morpholine rings is 1. The van der Waals surface area contributed by atoms with E-state index in [-0.39, 0.29) is 42.6 Å². The van der Waals surface area contributed by atoms with Gasteiger partial charge >= 0.3 is 6.03 Å². The fraction of sp³-hybridized carbons (Fsp3) is 0.868. The standard InChI is InChI=1S/C38H64N6O8S/c1-5-12-29(31(45)34(47)39-27-13-14-27)40-33(46)30-28(26(2)3)15-20-44(30)35(48)32(37(4)16-8-6-9-17-37)41-36(49)42-38(18-10-7-11-19-38)25-53(50,51)43-21-23-52-24-22-43/h26-30,32H,5-25H2,1-4H3,(H,39,47)(H,40,46)(H2,41,42,49)/t28-,29+,30+,32-/m1/s1. The molecule has 3 saturated carbocycles. The summed E-state index contributed by atoms with van der Waals surface area (Å²) in [5.41, 5.74) is -1.57. The van der Waals surface area contributed by atoms with Crippen LogP contribution >= 0.6 is 0 Å². The van der Waals surface area contributed by atoms with E-state index >= 15 is 0 Å². The zero-order valence-electron chi connectivity index (χ0n) is 32.4. The minimum Gasteiger partial charge on any atom is -0.379 e. The molecule has 0 unspecified atom stereocenters. The molecule has 300 valence electrons. The van der Waals surface area contributed by atoms with Crippen LogP contribution in [0, 0.1) is 17.3 Å². The molecule has 0 radical (unpaired) electrons. The molecule has 5 amide bonds. The Labute approximate surface area is 316 Å². The summed E-state index contributed by atoms with van der Waals surface area (Å²) in [5, 5.41) is 11.7. The smallest absolute Gasteiger partial charge is 0.315 e. The average Bonchev–Trinajstić information content (AvgIpc) is 3.82. The Kier molecular flexibility index (Phi) is 13.9. The van der Waals surface area contributed by atoms with E-state index in [1.807, 2.05) is 27.7 Å². The summed E-state index contributed by atoms with van der Waals surface area (Å²) in [5.74, 6) is -2.56. The number of ketones is 1. The predicted octanol–water partition coefficient (Wildman–Crippen LogP) is 3.00. The molecular formula is C38H64N6O8S. The van der Waals surface area contributed by atoms with E-state index in [9.17, 15) is 32.4 Å². The maximum absolute atomic E-state index is 14.9. The summed E-state index contributed by atoms with van der Waals surface area (Å²) in [6.07, 6.45) is 10.9. The first kappa shape index (κ1) is 41.4. The minimum atomic E-state index is -3.70. The van der Waals surface area contributed by atoms with Crippen LogP contribution in [0.2, 0.25) is 0 Å². The lowest BCUT2D eigenvalue weighted by atomic mass is 9.70. The largest absolute Gasteiger partial charge is 0.379 e. The fourth-order valence-electron chi connectivity index (χ4n) is 9.11. The Morgan fingerprint density at radius 2 is 1.47 bits per heavy atom. The number of likely N-dealkylation sites (tertiary alicyclic amines) is 1. The van der Waals surface area contributed by atoms with Crippen LogP contribution in [0.5, 0.6) is 0 Å². The third-order valence-corrected chi connectivity index (χ3v) is 14.5. The maximum atomic E-state index is 14.9. The van der Waals surface area contributed by atoms with Crippen molar-refractivity contribution in [3.8, 4) is 0 Å². The molecule has 53 heavy (non-hydrogen) atoms. The average molecular weight is 765 g/mol. The lowest BCUT2D eigenvalue weighted by molar-refractivity contribution is -0.145. The topological polar surface area (TPSA) is 183 Å². The number of ether oxygens (including phenoxy) is 1. The van der Waals surface area contributed by atoms with Crippen molar-refractivity contribution in [2.75, 3.05) is 38.6 Å². The van der Waals surface area contributed by atoms with E-state index in [2.05, 4.69) is 21.3 Å². The number of Topliss-reactive ketones (excluding diaryl/α,β-unsaturated/α-hetero) is 1. The van der Waals surface area contributed by atoms with Crippen LogP contribution in [0.25, 0.3) is 0 Å². The number of carbonyl (C=O) groups is 5. The fourth-order valence-corrected chi connectivity index (χ4v) is 11.1. The summed E-state index contributed by atoms with van der Waals surface area (Å²) < 4.78 is 34.1. The van der Waals surface area contributed by atoms with Gasteiger partial charge in [-0.15, -0.1) is 0 Å². The first-order valence-corrected chi connectivity index (χ1v) is 21.9. The van der Waals surface area contributed by atoms with Crippen LogP contribution in [0.3, 0.4) is 0 Å². The molecule has 0 aromatic carbocycles. The highest BCUT2D eigenvalue weighted by molar-refractivity contribution is 7.89. The summed E-state index contributed by atoms with van der Waals surface area (Å²) in [6.45, 7) is 9.47. The van der Waals surface area contributed by atoms with E-state index in [0.29, 0.717) is 64.7 Å². The zero-order chi connectivity index (χ0) is 38.4. The lowest BCUT2D eigenvalue weighted by Gasteiger charge is -2.44. The first-order valence-electron chi connectivity index (χ1n) is 20.3. The third-order valence-electron chi connectivity index (χ3n) is 12.4. The van der Waals surface area contributed by atoms with Gasteiger partial charge in [-0.1, -0.05) is 72.6 Å². The highest BCUT2D eigenvalue weighted by atomic mass is 32.2. The number of hydrogen-bond acceptors (Lipinski definition) is 8. The maximum Gasteiger partial charge on any atom is 0.315 e. The second kappa shape index (κ2) is 17.8. The second-order valence-electron chi connectivity index (χ2n) is 17.0. The van der Waals surface area contributed by atoms with Crippen LogP contribution in [0.15, 0.2) is 0 Å². The zero-order valence-corrected chi connectivity index (χ0v) is 33.2. The SMILES string of the molecule is CCC[C@H](NC(=O)[C@@H]1[C@@H](C(C)C)CCN1C(=O)[C@@H](NC(=O)NC1(CS(=O)(=O)N2CCOCC2)CCCCC1)C1(C)CCCCC1)C(=O)C(=O)NC1CC1. The monoisotopic (exact) mass is 764 g/mol. The molecule has 3 aliphatic carbocycles. The van der Waals surface area contributed by atoms with Crippen molar-refractivity contribution in [2.45, 2.75) is 154 Å². The Morgan fingerprint density at radius 1 is 0.849 bits per heavy atom. The molecule has 5 aliphatic rings. The predicted molar refractivity (Wildman–Crippen MR) is 200 cm³/mol. The van der Waals surface area contributed by atoms with E-state index in [1.165, 1.54) is 4.31 Å². The first-order chi connectivity index (χ1) is 25.2. The molecule has 15 heteroatoms. The van der Waals surface area contributed by atoms with Crippen molar-refractivity contribution < 1.29 is 37.1 Å². The third kappa shape index (κ3) is 10.3. The van der Waals surface area contributed by atoms with Crippen LogP contribution in [-0.2, 0) is 33.9 Å². The number of urea groups is 1. The van der Waals surface area contributed by atoms with Crippen molar-refractivity contribution in [3.63, 3.8) is 0 Å². The molecule has 2 heterocycles. The van der Waals surface area contributed by atoms with Crippen molar-refractivity contribution in [3.05, 3.63) is 0 Å². The molecule has 0 aromatic heterocycles. The van der Waals surface area contributed by atoms with Gasteiger partial charge in [0.15, 0.2) is 0 Å². The highest BCUT2D eigenvalue weighted by Crippen LogP contribution is 2.41. The number of amides is 5. The van der Waals surface area contributed by atoms with E-state index in [4.69, 9.17) is 4.74 Å². The van der Waals surface area contributed by atoms with Crippen LogP contribution in [0.4, 0.5) is 4.79 Å². The number of nitrogens with zero attached hydrogens (tertiary/aromatic N) is 2. The summed E-state index contributed by atoms with van der Waals surface area (Å²) in [7, 11) is -3.70. The Balaban J connectivity index is 1.37. The molecule has 0 aromatic rings. The molecule has 5 rings (SSSR count). The number of hydrogen-bond donors (Lipinski definition) is 4.